The standard InChI is InChI=1S/C18H24N4O/c1-14-6-5-11-22(13-14)18-19-10-9-17(21-18)20-12-15-7-3-4-8-16(15)23-2/h3-4,7-10,14H,5-6,11-13H2,1-2H3,(H,19,20,21). The van der Waals surface area contributed by atoms with Crippen LogP contribution in [0.1, 0.15) is 25.3 Å². The van der Waals surface area contributed by atoms with E-state index in [2.05, 4.69) is 33.2 Å². The van der Waals surface area contributed by atoms with Crippen LogP contribution in [-0.4, -0.2) is 30.2 Å². The third-order valence-corrected chi connectivity index (χ3v) is 4.24. The Labute approximate surface area is 137 Å². The molecule has 1 aromatic carbocycles. The van der Waals surface area contributed by atoms with Crippen molar-refractivity contribution >= 4 is 11.8 Å². The molecule has 5 nitrogen and oxygen atoms in total. The van der Waals surface area contributed by atoms with E-state index in [1.54, 1.807) is 7.11 Å². The quantitative estimate of drug-likeness (QED) is 0.917. The summed E-state index contributed by atoms with van der Waals surface area (Å²) in [6.45, 7) is 5.04. The summed E-state index contributed by atoms with van der Waals surface area (Å²) in [5.74, 6) is 3.26. The zero-order valence-corrected chi connectivity index (χ0v) is 13.8. The van der Waals surface area contributed by atoms with Crippen LogP contribution in [0.5, 0.6) is 5.75 Å². The first-order chi connectivity index (χ1) is 11.3. The van der Waals surface area contributed by atoms with E-state index in [1.807, 2.05) is 30.5 Å². The second-order valence-electron chi connectivity index (χ2n) is 6.10. The fourth-order valence-corrected chi connectivity index (χ4v) is 3.01. The summed E-state index contributed by atoms with van der Waals surface area (Å²) in [4.78, 5) is 11.4. The van der Waals surface area contributed by atoms with Crippen molar-refractivity contribution in [3.63, 3.8) is 0 Å². The number of rotatable bonds is 5. The summed E-state index contributed by atoms with van der Waals surface area (Å²) < 4.78 is 5.38. The van der Waals surface area contributed by atoms with Gasteiger partial charge in [-0.2, -0.15) is 4.98 Å². The molecule has 0 radical (unpaired) electrons. The van der Waals surface area contributed by atoms with Crippen LogP contribution in [0.3, 0.4) is 0 Å². The van der Waals surface area contributed by atoms with Crippen LogP contribution >= 0.6 is 0 Å². The molecule has 1 unspecified atom stereocenters. The van der Waals surface area contributed by atoms with Crippen molar-refractivity contribution in [3.8, 4) is 5.75 Å². The highest BCUT2D eigenvalue weighted by molar-refractivity contribution is 5.43. The summed E-state index contributed by atoms with van der Waals surface area (Å²) in [5.41, 5.74) is 1.11. The fraction of sp³-hybridized carbons (Fsp3) is 0.444. The zero-order chi connectivity index (χ0) is 16.1. The lowest BCUT2D eigenvalue weighted by Gasteiger charge is -2.30. The van der Waals surface area contributed by atoms with Gasteiger partial charge in [-0.15, -0.1) is 0 Å². The minimum atomic E-state index is 0.677. The topological polar surface area (TPSA) is 50.3 Å². The molecule has 1 aliphatic rings. The lowest BCUT2D eigenvalue weighted by molar-refractivity contribution is 0.410. The Hall–Kier alpha value is -2.30. The lowest BCUT2D eigenvalue weighted by Crippen LogP contribution is -2.35. The minimum Gasteiger partial charge on any atom is -0.496 e. The summed E-state index contributed by atoms with van der Waals surface area (Å²) in [5, 5.41) is 3.37. The minimum absolute atomic E-state index is 0.677. The van der Waals surface area contributed by atoms with Crippen LogP contribution in [0.2, 0.25) is 0 Å². The Bertz CT molecular complexity index is 646. The number of anilines is 2. The van der Waals surface area contributed by atoms with Gasteiger partial charge in [-0.25, -0.2) is 4.98 Å². The van der Waals surface area contributed by atoms with E-state index >= 15 is 0 Å². The Morgan fingerprint density at radius 3 is 3.00 bits per heavy atom. The van der Waals surface area contributed by atoms with Gasteiger partial charge in [-0.1, -0.05) is 25.1 Å². The van der Waals surface area contributed by atoms with Gasteiger partial charge >= 0.3 is 0 Å². The van der Waals surface area contributed by atoms with Crippen LogP contribution in [0.4, 0.5) is 11.8 Å². The van der Waals surface area contributed by atoms with Crippen molar-refractivity contribution in [1.29, 1.82) is 0 Å². The Balaban J connectivity index is 1.68. The van der Waals surface area contributed by atoms with Crippen LogP contribution < -0.4 is 15.0 Å². The third-order valence-electron chi connectivity index (χ3n) is 4.24. The van der Waals surface area contributed by atoms with Gasteiger partial charge in [0, 0.05) is 31.4 Å². The van der Waals surface area contributed by atoms with Crippen LogP contribution in [0, 0.1) is 5.92 Å². The first-order valence-corrected chi connectivity index (χ1v) is 8.20. The van der Waals surface area contributed by atoms with Gasteiger partial charge in [0.15, 0.2) is 0 Å². The maximum Gasteiger partial charge on any atom is 0.227 e. The number of hydrogen-bond donors (Lipinski definition) is 1. The summed E-state index contributed by atoms with van der Waals surface area (Å²) in [6, 6.07) is 9.92. The number of benzene rings is 1. The molecular weight excluding hydrogens is 288 g/mol. The van der Waals surface area contributed by atoms with Crippen molar-refractivity contribution < 1.29 is 4.74 Å². The molecule has 122 valence electrons. The number of nitrogens with one attached hydrogen (secondary N) is 1. The van der Waals surface area contributed by atoms with Crippen LogP contribution in [0.25, 0.3) is 0 Å². The van der Waals surface area contributed by atoms with Crippen LogP contribution in [0.15, 0.2) is 36.5 Å². The third kappa shape index (κ3) is 3.92. The number of ether oxygens (including phenoxy) is 1. The molecule has 0 saturated carbocycles. The van der Waals surface area contributed by atoms with Gasteiger partial charge in [0.05, 0.1) is 7.11 Å². The van der Waals surface area contributed by atoms with Gasteiger partial charge in [-0.05, 0) is 30.9 Å². The molecular formula is C18H24N4O. The number of nitrogens with zero attached hydrogens (tertiary/aromatic N) is 3. The van der Waals surface area contributed by atoms with Crippen molar-refractivity contribution in [2.24, 2.45) is 5.92 Å². The lowest BCUT2D eigenvalue weighted by atomic mass is 10.0. The second-order valence-corrected chi connectivity index (χ2v) is 6.10. The summed E-state index contributed by atoms with van der Waals surface area (Å²) in [6.07, 6.45) is 4.33. The van der Waals surface area contributed by atoms with Gasteiger partial charge in [0.2, 0.25) is 5.95 Å². The Morgan fingerprint density at radius 2 is 2.17 bits per heavy atom. The van der Waals surface area contributed by atoms with E-state index in [0.717, 1.165) is 36.2 Å². The average Bonchev–Trinajstić information content (AvgIpc) is 2.60. The molecule has 0 spiro atoms. The highest BCUT2D eigenvalue weighted by atomic mass is 16.5. The largest absolute Gasteiger partial charge is 0.496 e. The monoisotopic (exact) mass is 312 g/mol. The first-order valence-electron chi connectivity index (χ1n) is 8.20. The van der Waals surface area contributed by atoms with Gasteiger partial charge in [0.1, 0.15) is 11.6 Å². The molecule has 3 rings (SSSR count). The predicted molar refractivity (Wildman–Crippen MR) is 93.0 cm³/mol. The highest BCUT2D eigenvalue weighted by Crippen LogP contribution is 2.22. The van der Waals surface area contributed by atoms with E-state index in [4.69, 9.17) is 4.74 Å². The first kappa shape index (κ1) is 15.6. The number of para-hydroxylation sites is 1. The number of aromatic nitrogens is 2. The maximum absolute atomic E-state index is 5.38. The molecule has 1 N–H and O–H groups in total. The molecule has 2 heterocycles. The van der Waals surface area contributed by atoms with Crippen molar-refractivity contribution in [1.82, 2.24) is 9.97 Å². The number of methoxy groups -OCH3 is 1. The predicted octanol–water partition coefficient (Wildman–Crippen LogP) is 3.33. The number of hydrogen-bond acceptors (Lipinski definition) is 5. The molecule has 23 heavy (non-hydrogen) atoms. The fourth-order valence-electron chi connectivity index (χ4n) is 3.01. The zero-order valence-electron chi connectivity index (χ0n) is 13.8. The normalized spacial score (nSPS) is 17.8. The van der Waals surface area contributed by atoms with Crippen molar-refractivity contribution in [2.75, 3.05) is 30.4 Å². The van der Waals surface area contributed by atoms with E-state index in [-0.39, 0.29) is 0 Å². The maximum atomic E-state index is 5.38. The Kier molecular flexibility index (Phi) is 4.95. The van der Waals surface area contributed by atoms with Crippen LogP contribution in [-0.2, 0) is 6.54 Å². The van der Waals surface area contributed by atoms with E-state index in [1.165, 1.54) is 12.8 Å². The molecule has 1 atom stereocenters. The number of piperidine rings is 1. The van der Waals surface area contributed by atoms with Gasteiger partial charge in [0.25, 0.3) is 0 Å². The molecule has 2 aromatic rings. The molecule has 0 bridgehead atoms. The molecule has 0 aliphatic carbocycles. The van der Waals surface area contributed by atoms with Crippen molar-refractivity contribution in [2.45, 2.75) is 26.3 Å². The Morgan fingerprint density at radius 1 is 1.30 bits per heavy atom. The highest BCUT2D eigenvalue weighted by Gasteiger charge is 2.18. The molecule has 5 heteroatoms. The smallest absolute Gasteiger partial charge is 0.227 e. The van der Waals surface area contributed by atoms with E-state index < -0.39 is 0 Å². The molecule has 0 amide bonds. The molecule has 1 aromatic heterocycles. The van der Waals surface area contributed by atoms with Gasteiger partial charge in [-0.3, -0.25) is 0 Å². The summed E-state index contributed by atoms with van der Waals surface area (Å²) >= 11 is 0. The van der Waals surface area contributed by atoms with E-state index in [0.29, 0.717) is 12.5 Å². The van der Waals surface area contributed by atoms with Crippen molar-refractivity contribution in [3.05, 3.63) is 42.1 Å². The summed E-state index contributed by atoms with van der Waals surface area (Å²) in [7, 11) is 1.69. The molecule has 1 saturated heterocycles. The SMILES string of the molecule is COc1ccccc1CNc1ccnc(N2CCCC(C)C2)n1. The molecule has 1 fully saturated rings. The second kappa shape index (κ2) is 7.31. The van der Waals surface area contributed by atoms with E-state index in [9.17, 15) is 0 Å². The average molecular weight is 312 g/mol. The van der Waals surface area contributed by atoms with Gasteiger partial charge < -0.3 is 15.0 Å². The molecule has 1 aliphatic heterocycles.